The van der Waals surface area contributed by atoms with Gasteiger partial charge in [0.2, 0.25) is 0 Å². The van der Waals surface area contributed by atoms with Crippen molar-refractivity contribution in [3.63, 3.8) is 0 Å². The number of hydrogen-bond donors (Lipinski definition) is 1. The lowest BCUT2D eigenvalue weighted by atomic mass is 9.84. The van der Waals surface area contributed by atoms with E-state index in [4.69, 9.17) is 0 Å². The monoisotopic (exact) mass is 239 g/mol. The summed E-state index contributed by atoms with van der Waals surface area (Å²) in [5, 5.41) is 3.32. The summed E-state index contributed by atoms with van der Waals surface area (Å²) in [6.07, 6.45) is 0.833. The molecule has 17 heavy (non-hydrogen) atoms. The molecule has 2 atom stereocenters. The lowest BCUT2D eigenvalue weighted by molar-refractivity contribution is 0.373. The quantitative estimate of drug-likeness (QED) is 0.828. The number of benzene rings is 1. The Morgan fingerprint density at radius 3 is 2.41 bits per heavy atom. The van der Waals surface area contributed by atoms with Crippen LogP contribution in [-0.2, 0) is 0 Å². The molecule has 0 radical (unpaired) electrons. The van der Waals surface area contributed by atoms with Gasteiger partial charge in [0.25, 0.3) is 0 Å². The van der Waals surface area contributed by atoms with Gasteiger partial charge in [0.05, 0.1) is 0 Å². The molecule has 0 aliphatic carbocycles. The van der Waals surface area contributed by atoms with Crippen LogP contribution in [0.25, 0.3) is 0 Å². The Labute approximate surface area is 101 Å². The van der Waals surface area contributed by atoms with Crippen molar-refractivity contribution in [3.8, 4) is 0 Å². The summed E-state index contributed by atoms with van der Waals surface area (Å²) in [4.78, 5) is 0. The zero-order valence-corrected chi connectivity index (χ0v) is 10.6. The minimum atomic E-state index is -0.286. The Hall–Kier alpha value is -0.960. The molecule has 0 aromatic heterocycles. The molecule has 2 rings (SSSR count). The molecule has 1 N–H and O–H groups in total. The van der Waals surface area contributed by atoms with E-state index in [1.54, 1.807) is 0 Å². The van der Waals surface area contributed by atoms with Gasteiger partial charge in [-0.2, -0.15) is 0 Å². The smallest absolute Gasteiger partial charge is 0.128 e. The molecular weight excluding hydrogens is 220 g/mol. The van der Waals surface area contributed by atoms with Crippen molar-refractivity contribution in [2.45, 2.75) is 39.2 Å². The standard InChI is InChI=1S/C14H19F2N/c1-8(2)6-12-14-11(16)5-4-10(15)13(14)9(3)7-17-12/h4-5,8-9,12,17H,6-7H2,1-3H3. The molecule has 0 bridgehead atoms. The fraction of sp³-hybridized carbons (Fsp3) is 0.571. The van der Waals surface area contributed by atoms with E-state index in [9.17, 15) is 8.78 Å². The molecule has 1 aromatic rings. The Morgan fingerprint density at radius 1 is 1.24 bits per heavy atom. The van der Waals surface area contributed by atoms with E-state index in [2.05, 4.69) is 19.2 Å². The van der Waals surface area contributed by atoms with Crippen LogP contribution >= 0.6 is 0 Å². The van der Waals surface area contributed by atoms with Gasteiger partial charge < -0.3 is 5.32 Å². The summed E-state index contributed by atoms with van der Waals surface area (Å²) < 4.78 is 27.7. The number of hydrogen-bond acceptors (Lipinski definition) is 1. The Bertz CT molecular complexity index is 415. The zero-order valence-electron chi connectivity index (χ0n) is 10.6. The van der Waals surface area contributed by atoms with Gasteiger partial charge in [0.1, 0.15) is 11.6 Å². The molecule has 3 heteroatoms. The molecule has 1 heterocycles. The van der Waals surface area contributed by atoms with Crippen LogP contribution in [0.1, 0.15) is 50.3 Å². The fourth-order valence-corrected chi connectivity index (χ4v) is 2.63. The first-order valence-corrected chi connectivity index (χ1v) is 6.22. The maximum Gasteiger partial charge on any atom is 0.128 e. The summed E-state index contributed by atoms with van der Waals surface area (Å²) in [5.74, 6) is -0.0733. The molecule has 0 spiro atoms. The van der Waals surface area contributed by atoms with Gasteiger partial charge in [-0.3, -0.25) is 0 Å². The van der Waals surface area contributed by atoms with Crippen molar-refractivity contribution < 1.29 is 8.78 Å². The highest BCUT2D eigenvalue weighted by Crippen LogP contribution is 2.36. The van der Waals surface area contributed by atoms with E-state index in [1.165, 1.54) is 12.1 Å². The van der Waals surface area contributed by atoms with Gasteiger partial charge in [-0.15, -0.1) is 0 Å². The third kappa shape index (κ3) is 2.34. The summed E-state index contributed by atoms with van der Waals surface area (Å²) in [5.41, 5.74) is 1.10. The topological polar surface area (TPSA) is 12.0 Å². The molecule has 0 fully saturated rings. The lowest BCUT2D eigenvalue weighted by Gasteiger charge is -2.32. The van der Waals surface area contributed by atoms with Crippen LogP contribution in [0.2, 0.25) is 0 Å². The van der Waals surface area contributed by atoms with Crippen molar-refractivity contribution in [1.29, 1.82) is 0 Å². The first-order valence-electron chi connectivity index (χ1n) is 6.22. The summed E-state index contributed by atoms with van der Waals surface area (Å²) in [7, 11) is 0. The highest BCUT2D eigenvalue weighted by atomic mass is 19.1. The average molecular weight is 239 g/mol. The molecule has 2 unspecified atom stereocenters. The minimum absolute atomic E-state index is 0.0316. The summed E-state index contributed by atoms with van der Waals surface area (Å²) >= 11 is 0. The van der Waals surface area contributed by atoms with Crippen LogP contribution in [0.15, 0.2) is 12.1 Å². The molecule has 0 saturated carbocycles. The predicted molar refractivity (Wildman–Crippen MR) is 65.0 cm³/mol. The molecule has 1 aliphatic heterocycles. The second kappa shape index (κ2) is 4.73. The number of fused-ring (bicyclic) bond motifs is 1. The van der Waals surface area contributed by atoms with Gasteiger partial charge in [0, 0.05) is 18.2 Å². The van der Waals surface area contributed by atoms with Crippen LogP contribution in [-0.4, -0.2) is 6.54 Å². The third-order valence-corrected chi connectivity index (χ3v) is 3.40. The number of rotatable bonds is 2. The molecule has 1 nitrogen and oxygen atoms in total. The van der Waals surface area contributed by atoms with E-state index in [0.29, 0.717) is 23.6 Å². The second-order valence-corrected chi connectivity index (χ2v) is 5.35. The van der Waals surface area contributed by atoms with Crippen molar-refractivity contribution in [3.05, 3.63) is 34.9 Å². The summed E-state index contributed by atoms with van der Waals surface area (Å²) in [6, 6.07) is 2.42. The second-order valence-electron chi connectivity index (χ2n) is 5.35. The molecule has 94 valence electrons. The van der Waals surface area contributed by atoms with Gasteiger partial charge in [-0.05, 0) is 36.0 Å². The van der Waals surface area contributed by atoms with Gasteiger partial charge in [0.15, 0.2) is 0 Å². The maximum absolute atomic E-state index is 13.9. The molecule has 1 aromatic carbocycles. The number of halogens is 2. The van der Waals surface area contributed by atoms with Gasteiger partial charge in [-0.25, -0.2) is 8.78 Å². The highest BCUT2D eigenvalue weighted by Gasteiger charge is 2.30. The third-order valence-electron chi connectivity index (χ3n) is 3.40. The van der Waals surface area contributed by atoms with Crippen LogP contribution in [0.5, 0.6) is 0 Å². The van der Waals surface area contributed by atoms with E-state index in [1.807, 2.05) is 6.92 Å². The average Bonchev–Trinajstić information content (AvgIpc) is 2.25. The van der Waals surface area contributed by atoms with Gasteiger partial charge in [-0.1, -0.05) is 20.8 Å². The largest absolute Gasteiger partial charge is 0.309 e. The maximum atomic E-state index is 13.9. The first kappa shape index (κ1) is 12.5. The molecule has 0 amide bonds. The zero-order chi connectivity index (χ0) is 12.6. The Kier molecular flexibility index (Phi) is 3.48. The summed E-state index contributed by atoms with van der Waals surface area (Å²) in [6.45, 7) is 6.83. The van der Waals surface area contributed by atoms with E-state index < -0.39 is 0 Å². The fourth-order valence-electron chi connectivity index (χ4n) is 2.63. The predicted octanol–water partition coefficient (Wildman–Crippen LogP) is 3.76. The highest BCUT2D eigenvalue weighted by molar-refractivity contribution is 5.37. The minimum Gasteiger partial charge on any atom is -0.309 e. The van der Waals surface area contributed by atoms with Gasteiger partial charge >= 0.3 is 0 Å². The first-order chi connectivity index (χ1) is 8.00. The van der Waals surface area contributed by atoms with Crippen molar-refractivity contribution in [2.75, 3.05) is 6.54 Å². The van der Waals surface area contributed by atoms with E-state index in [0.717, 1.165) is 6.42 Å². The van der Waals surface area contributed by atoms with E-state index in [-0.39, 0.29) is 23.6 Å². The number of nitrogens with one attached hydrogen (secondary N) is 1. The lowest BCUT2D eigenvalue weighted by Crippen LogP contribution is -2.34. The van der Waals surface area contributed by atoms with E-state index >= 15 is 0 Å². The SMILES string of the molecule is CC(C)CC1NCC(C)c2c(F)ccc(F)c21. The van der Waals surface area contributed by atoms with Crippen molar-refractivity contribution in [2.24, 2.45) is 5.92 Å². The molecular formula is C14H19F2N. The van der Waals surface area contributed by atoms with Crippen LogP contribution in [0.4, 0.5) is 8.78 Å². The van der Waals surface area contributed by atoms with Crippen molar-refractivity contribution >= 4 is 0 Å². The van der Waals surface area contributed by atoms with Crippen molar-refractivity contribution in [1.82, 2.24) is 5.32 Å². The molecule has 1 aliphatic rings. The normalized spacial score (nSPS) is 23.9. The van der Waals surface area contributed by atoms with Crippen LogP contribution < -0.4 is 5.32 Å². The Balaban J connectivity index is 2.47. The van der Waals surface area contributed by atoms with Crippen LogP contribution in [0.3, 0.4) is 0 Å². The Morgan fingerprint density at radius 2 is 1.82 bits per heavy atom. The van der Waals surface area contributed by atoms with Crippen LogP contribution in [0, 0.1) is 17.6 Å². The molecule has 0 saturated heterocycles.